The maximum atomic E-state index is 13.2. The van der Waals surface area contributed by atoms with Gasteiger partial charge in [0.2, 0.25) is 0 Å². The van der Waals surface area contributed by atoms with Crippen LogP contribution in [0.25, 0.3) is 0 Å². The molecular formula is C9H8BrF2NO2. The van der Waals surface area contributed by atoms with E-state index in [9.17, 15) is 13.6 Å². The highest BCUT2D eigenvalue weighted by atomic mass is 79.9. The quantitative estimate of drug-likeness (QED) is 0.834. The summed E-state index contributed by atoms with van der Waals surface area (Å²) in [6.07, 6.45) is -0.452. The van der Waals surface area contributed by atoms with Crippen molar-refractivity contribution in [1.82, 2.24) is 0 Å². The predicted molar refractivity (Wildman–Crippen MR) is 53.2 cm³/mol. The highest BCUT2D eigenvalue weighted by Gasteiger charge is 2.18. The zero-order valence-electron chi connectivity index (χ0n) is 7.51. The molecule has 0 aliphatic heterocycles. The number of aliphatic carboxylic acids is 1. The molecule has 0 aromatic heterocycles. The van der Waals surface area contributed by atoms with Gasteiger partial charge < -0.3 is 10.8 Å². The Morgan fingerprint density at radius 1 is 1.53 bits per heavy atom. The molecule has 0 spiro atoms. The van der Waals surface area contributed by atoms with E-state index in [4.69, 9.17) is 10.8 Å². The zero-order valence-corrected chi connectivity index (χ0v) is 9.09. The van der Waals surface area contributed by atoms with Crippen molar-refractivity contribution in [3.63, 3.8) is 0 Å². The minimum atomic E-state index is -1.16. The first-order valence-electron chi connectivity index (χ1n) is 4.03. The van der Waals surface area contributed by atoms with Crippen LogP contribution in [0.5, 0.6) is 0 Å². The molecule has 6 heteroatoms. The topological polar surface area (TPSA) is 63.3 Å². The lowest BCUT2D eigenvalue weighted by atomic mass is 10.0. The van der Waals surface area contributed by atoms with E-state index < -0.39 is 30.1 Å². The Balaban J connectivity index is 3.07. The predicted octanol–water partition coefficient (Wildman–Crippen LogP) is 2.20. The van der Waals surface area contributed by atoms with E-state index >= 15 is 0 Å². The van der Waals surface area contributed by atoms with Gasteiger partial charge in [0.05, 0.1) is 6.42 Å². The van der Waals surface area contributed by atoms with Crippen LogP contribution in [-0.4, -0.2) is 11.1 Å². The third-order valence-electron chi connectivity index (χ3n) is 1.82. The smallest absolute Gasteiger partial charge is 0.305 e. The molecule has 1 aromatic rings. The molecule has 0 aliphatic rings. The second-order valence-corrected chi connectivity index (χ2v) is 3.91. The number of rotatable bonds is 3. The van der Waals surface area contributed by atoms with Crippen molar-refractivity contribution in [2.24, 2.45) is 5.73 Å². The van der Waals surface area contributed by atoms with E-state index in [-0.39, 0.29) is 5.56 Å². The third kappa shape index (κ3) is 2.97. The Kier molecular flexibility index (Phi) is 3.76. The fraction of sp³-hybridized carbons (Fsp3) is 0.222. The number of hydrogen-bond donors (Lipinski definition) is 2. The molecule has 1 atom stereocenters. The molecule has 3 N–H and O–H groups in total. The second kappa shape index (κ2) is 4.67. The average Bonchev–Trinajstić information content (AvgIpc) is 2.09. The van der Waals surface area contributed by atoms with Crippen molar-refractivity contribution < 1.29 is 18.7 Å². The van der Waals surface area contributed by atoms with Crippen LogP contribution in [-0.2, 0) is 4.79 Å². The number of carboxylic acid groups (broad SMARTS) is 1. The Bertz CT molecular complexity index is 398. The fourth-order valence-corrected chi connectivity index (χ4v) is 1.59. The van der Waals surface area contributed by atoms with Gasteiger partial charge in [-0.25, -0.2) is 8.78 Å². The van der Waals surface area contributed by atoms with Gasteiger partial charge in [-0.15, -0.1) is 0 Å². The molecule has 1 aromatic carbocycles. The van der Waals surface area contributed by atoms with Crippen molar-refractivity contribution in [3.05, 3.63) is 33.8 Å². The SMILES string of the molecule is NC(CC(=O)O)c1cc(Br)cc(F)c1F. The van der Waals surface area contributed by atoms with E-state index in [1.54, 1.807) is 0 Å². The largest absolute Gasteiger partial charge is 0.481 e. The second-order valence-electron chi connectivity index (χ2n) is 3.00. The maximum absolute atomic E-state index is 13.2. The Labute approximate surface area is 93.0 Å². The van der Waals surface area contributed by atoms with Crippen LogP contribution in [0.2, 0.25) is 0 Å². The zero-order chi connectivity index (χ0) is 11.6. The van der Waals surface area contributed by atoms with E-state index in [0.29, 0.717) is 4.47 Å². The summed E-state index contributed by atoms with van der Waals surface area (Å²) >= 11 is 2.97. The molecule has 0 bridgehead atoms. The molecule has 0 fully saturated rings. The van der Waals surface area contributed by atoms with Crippen LogP contribution in [0.15, 0.2) is 16.6 Å². The van der Waals surface area contributed by atoms with E-state index in [1.807, 2.05) is 0 Å². The Hall–Kier alpha value is -1.01. The van der Waals surface area contributed by atoms with Gasteiger partial charge in [0.1, 0.15) is 0 Å². The van der Waals surface area contributed by atoms with Crippen LogP contribution in [0.1, 0.15) is 18.0 Å². The first kappa shape index (κ1) is 12.1. The number of carboxylic acids is 1. The molecule has 0 amide bonds. The third-order valence-corrected chi connectivity index (χ3v) is 2.27. The molecule has 1 unspecified atom stereocenters. The van der Waals surface area contributed by atoms with Crippen molar-refractivity contribution >= 4 is 21.9 Å². The van der Waals surface area contributed by atoms with Crippen LogP contribution >= 0.6 is 15.9 Å². The van der Waals surface area contributed by atoms with Gasteiger partial charge in [-0.2, -0.15) is 0 Å². The lowest BCUT2D eigenvalue weighted by Gasteiger charge is -2.11. The number of benzene rings is 1. The molecule has 82 valence electrons. The molecule has 0 heterocycles. The molecule has 3 nitrogen and oxygen atoms in total. The van der Waals surface area contributed by atoms with E-state index in [0.717, 1.165) is 6.07 Å². The molecule has 0 saturated heterocycles. The van der Waals surface area contributed by atoms with Gasteiger partial charge in [-0.05, 0) is 12.1 Å². The lowest BCUT2D eigenvalue weighted by Crippen LogP contribution is -2.17. The standard InChI is InChI=1S/C9H8BrF2NO2/c10-4-1-5(7(13)3-8(14)15)9(12)6(11)2-4/h1-2,7H,3,13H2,(H,14,15). The monoisotopic (exact) mass is 279 g/mol. The number of hydrogen-bond acceptors (Lipinski definition) is 2. The summed E-state index contributed by atoms with van der Waals surface area (Å²) in [6, 6.07) is 1.16. The van der Waals surface area contributed by atoms with Gasteiger partial charge in [-0.1, -0.05) is 15.9 Å². The molecule has 0 aliphatic carbocycles. The first-order valence-corrected chi connectivity index (χ1v) is 4.83. The summed E-state index contributed by atoms with van der Waals surface area (Å²) in [5, 5.41) is 8.47. The van der Waals surface area contributed by atoms with Crippen molar-refractivity contribution in [2.45, 2.75) is 12.5 Å². The number of carbonyl (C=O) groups is 1. The number of nitrogens with two attached hydrogens (primary N) is 1. The van der Waals surface area contributed by atoms with Gasteiger partial charge in [0, 0.05) is 16.1 Å². The summed E-state index contributed by atoms with van der Waals surface area (Å²) in [5.41, 5.74) is 5.28. The summed E-state index contributed by atoms with van der Waals surface area (Å²) in [4.78, 5) is 10.4. The Morgan fingerprint density at radius 3 is 2.67 bits per heavy atom. The first-order chi connectivity index (χ1) is 6.91. The Morgan fingerprint density at radius 2 is 2.13 bits per heavy atom. The fourth-order valence-electron chi connectivity index (χ4n) is 1.14. The average molecular weight is 280 g/mol. The van der Waals surface area contributed by atoms with Crippen LogP contribution in [0, 0.1) is 11.6 Å². The molecular weight excluding hydrogens is 272 g/mol. The summed E-state index contributed by atoms with van der Waals surface area (Å²) in [7, 11) is 0. The van der Waals surface area contributed by atoms with E-state index in [2.05, 4.69) is 15.9 Å². The summed E-state index contributed by atoms with van der Waals surface area (Å²) < 4.78 is 26.5. The minimum absolute atomic E-state index is 0.149. The van der Waals surface area contributed by atoms with Gasteiger partial charge in [0.25, 0.3) is 0 Å². The van der Waals surface area contributed by atoms with Crippen LogP contribution in [0.4, 0.5) is 8.78 Å². The van der Waals surface area contributed by atoms with Crippen molar-refractivity contribution in [1.29, 1.82) is 0 Å². The summed E-state index contributed by atoms with van der Waals surface area (Å²) in [6.45, 7) is 0. The van der Waals surface area contributed by atoms with Gasteiger partial charge >= 0.3 is 5.97 Å². The normalized spacial score (nSPS) is 12.5. The molecule has 1 rings (SSSR count). The van der Waals surface area contributed by atoms with Gasteiger partial charge in [-0.3, -0.25) is 4.79 Å². The van der Waals surface area contributed by atoms with Gasteiger partial charge in [0.15, 0.2) is 11.6 Å². The van der Waals surface area contributed by atoms with Crippen molar-refractivity contribution in [3.8, 4) is 0 Å². The maximum Gasteiger partial charge on any atom is 0.305 e. The highest BCUT2D eigenvalue weighted by molar-refractivity contribution is 9.10. The minimum Gasteiger partial charge on any atom is -0.481 e. The van der Waals surface area contributed by atoms with E-state index in [1.165, 1.54) is 6.07 Å². The molecule has 0 radical (unpaired) electrons. The summed E-state index contributed by atoms with van der Waals surface area (Å²) in [5.74, 6) is -3.32. The number of halogens is 3. The lowest BCUT2D eigenvalue weighted by molar-refractivity contribution is -0.137. The molecule has 15 heavy (non-hydrogen) atoms. The van der Waals surface area contributed by atoms with Crippen molar-refractivity contribution in [2.75, 3.05) is 0 Å². The van der Waals surface area contributed by atoms with Crippen LogP contribution < -0.4 is 5.73 Å². The highest BCUT2D eigenvalue weighted by Crippen LogP contribution is 2.24. The van der Waals surface area contributed by atoms with Crippen LogP contribution in [0.3, 0.4) is 0 Å². The molecule has 0 saturated carbocycles.